The van der Waals surface area contributed by atoms with Crippen LogP contribution in [0.5, 0.6) is 0 Å². The summed E-state index contributed by atoms with van der Waals surface area (Å²) in [6.07, 6.45) is 0.560. The SMILES string of the molecule is CC.CC.CN=C(CN=C(c1ccccc1)c1ccccc1)NNC=O. The van der Waals surface area contributed by atoms with Gasteiger partial charge in [0.15, 0.2) is 0 Å². The van der Waals surface area contributed by atoms with Crippen LogP contribution in [-0.2, 0) is 4.79 Å². The highest BCUT2D eigenvalue weighted by atomic mass is 16.1. The van der Waals surface area contributed by atoms with Crippen LogP contribution >= 0.6 is 0 Å². The summed E-state index contributed by atoms with van der Waals surface area (Å²) in [6, 6.07) is 19.9. The summed E-state index contributed by atoms with van der Waals surface area (Å²) >= 11 is 0. The third-order valence-corrected chi connectivity index (χ3v) is 3.03. The average molecular weight is 354 g/mol. The monoisotopic (exact) mass is 354 g/mol. The van der Waals surface area contributed by atoms with Crippen molar-refractivity contribution in [1.29, 1.82) is 0 Å². The van der Waals surface area contributed by atoms with E-state index in [2.05, 4.69) is 20.8 Å². The number of aliphatic imine (C=N–C) groups is 2. The van der Waals surface area contributed by atoms with Gasteiger partial charge in [0.25, 0.3) is 0 Å². The molecule has 0 aliphatic carbocycles. The molecule has 2 N–H and O–H groups in total. The number of nitrogens with zero attached hydrogens (tertiary/aromatic N) is 2. The van der Waals surface area contributed by atoms with Crippen LogP contribution in [0, 0.1) is 0 Å². The minimum atomic E-state index is 0.344. The largest absolute Gasteiger partial charge is 0.284 e. The molecule has 0 aliphatic heterocycles. The molecule has 0 saturated carbocycles. The van der Waals surface area contributed by atoms with Crippen molar-refractivity contribution in [2.24, 2.45) is 9.98 Å². The van der Waals surface area contributed by atoms with E-state index in [1.165, 1.54) is 0 Å². The number of nitrogens with one attached hydrogen (secondary N) is 2. The highest BCUT2D eigenvalue weighted by Gasteiger charge is 2.06. The van der Waals surface area contributed by atoms with E-state index in [0.717, 1.165) is 16.8 Å². The van der Waals surface area contributed by atoms with E-state index in [1.54, 1.807) is 7.05 Å². The molecule has 0 radical (unpaired) electrons. The van der Waals surface area contributed by atoms with Crippen molar-refractivity contribution in [3.63, 3.8) is 0 Å². The highest BCUT2D eigenvalue weighted by molar-refractivity contribution is 6.13. The summed E-state index contributed by atoms with van der Waals surface area (Å²) in [5.74, 6) is 0.580. The van der Waals surface area contributed by atoms with E-state index >= 15 is 0 Å². The summed E-state index contributed by atoms with van der Waals surface area (Å²) in [6.45, 7) is 8.34. The molecule has 0 unspecified atom stereocenters. The van der Waals surface area contributed by atoms with Crippen molar-refractivity contribution >= 4 is 18.0 Å². The second-order valence-electron chi connectivity index (χ2n) is 4.45. The number of amides is 1. The number of carbonyl (C=O) groups is 1. The minimum Gasteiger partial charge on any atom is -0.284 e. The fourth-order valence-electron chi connectivity index (χ4n) is 1.97. The number of carbonyl (C=O) groups excluding carboxylic acids is 1. The Labute approximate surface area is 157 Å². The molecule has 0 aromatic heterocycles. The molecule has 5 nitrogen and oxygen atoms in total. The van der Waals surface area contributed by atoms with Crippen LogP contribution in [0.2, 0.25) is 0 Å². The summed E-state index contributed by atoms with van der Waals surface area (Å²) in [4.78, 5) is 19.1. The number of hydrazine groups is 1. The number of amidine groups is 1. The van der Waals surface area contributed by atoms with Gasteiger partial charge in [-0.25, -0.2) is 0 Å². The number of benzene rings is 2. The maximum Gasteiger partial charge on any atom is 0.225 e. The van der Waals surface area contributed by atoms with Crippen molar-refractivity contribution < 1.29 is 4.79 Å². The predicted molar refractivity (Wildman–Crippen MR) is 112 cm³/mol. The summed E-state index contributed by atoms with van der Waals surface area (Å²) in [5.41, 5.74) is 8.03. The highest BCUT2D eigenvalue weighted by Crippen LogP contribution is 2.10. The van der Waals surface area contributed by atoms with Crippen molar-refractivity contribution in [1.82, 2.24) is 10.9 Å². The number of hydrogen-bond donors (Lipinski definition) is 2. The first-order valence-corrected chi connectivity index (χ1v) is 8.91. The smallest absolute Gasteiger partial charge is 0.225 e. The van der Waals surface area contributed by atoms with Crippen LogP contribution < -0.4 is 10.9 Å². The predicted octanol–water partition coefficient (Wildman–Crippen LogP) is 3.86. The van der Waals surface area contributed by atoms with Crippen molar-refractivity contribution in [2.75, 3.05) is 13.6 Å². The van der Waals surface area contributed by atoms with Crippen molar-refractivity contribution in [2.45, 2.75) is 27.7 Å². The molecule has 2 rings (SSSR count). The Morgan fingerprint density at radius 1 is 0.885 bits per heavy atom. The van der Waals surface area contributed by atoms with Crippen LogP contribution in [0.1, 0.15) is 38.8 Å². The van der Waals surface area contributed by atoms with Gasteiger partial charge in [-0.1, -0.05) is 88.4 Å². The molecule has 0 heterocycles. The second-order valence-corrected chi connectivity index (χ2v) is 4.45. The molecule has 0 aliphatic rings. The molecule has 26 heavy (non-hydrogen) atoms. The molecule has 140 valence electrons. The van der Waals surface area contributed by atoms with Gasteiger partial charge < -0.3 is 0 Å². The van der Waals surface area contributed by atoms with Crippen LogP contribution in [0.3, 0.4) is 0 Å². The zero-order valence-electron chi connectivity index (χ0n) is 16.4. The Morgan fingerprint density at radius 3 is 1.73 bits per heavy atom. The Balaban J connectivity index is 0.00000146. The van der Waals surface area contributed by atoms with Gasteiger partial charge in [-0.05, 0) is 0 Å². The Bertz CT molecular complexity index is 611. The number of hydrogen-bond acceptors (Lipinski definition) is 3. The van der Waals surface area contributed by atoms with Gasteiger partial charge in [0, 0.05) is 18.2 Å². The van der Waals surface area contributed by atoms with Gasteiger partial charge in [0.2, 0.25) is 6.41 Å². The van der Waals surface area contributed by atoms with E-state index in [0.29, 0.717) is 18.8 Å². The molecule has 2 aromatic carbocycles. The van der Waals surface area contributed by atoms with Gasteiger partial charge >= 0.3 is 0 Å². The lowest BCUT2D eigenvalue weighted by Gasteiger charge is -2.09. The molecule has 0 atom stereocenters. The normalized spacial score (nSPS) is 9.50. The molecule has 1 amide bonds. The van der Waals surface area contributed by atoms with Crippen LogP contribution in [0.4, 0.5) is 0 Å². The fourth-order valence-corrected chi connectivity index (χ4v) is 1.97. The third-order valence-electron chi connectivity index (χ3n) is 3.03. The first-order valence-electron chi connectivity index (χ1n) is 8.91. The van der Waals surface area contributed by atoms with E-state index in [-0.39, 0.29) is 0 Å². The Hall–Kier alpha value is -2.95. The van der Waals surface area contributed by atoms with Gasteiger partial charge in [0.05, 0.1) is 12.3 Å². The summed E-state index contributed by atoms with van der Waals surface area (Å²) in [7, 11) is 1.65. The zero-order valence-corrected chi connectivity index (χ0v) is 16.4. The standard InChI is InChI=1S/C17H18N4O.2C2H6/c1-18-16(21-20-13-22)12-19-17(14-8-4-2-5-9-14)15-10-6-3-7-11-15;2*1-2/h2-11,13H,12H2,1H3,(H,18,21)(H,20,22);2*1-2H3. The van der Waals surface area contributed by atoms with Gasteiger partial charge in [0.1, 0.15) is 5.84 Å². The lowest BCUT2D eigenvalue weighted by molar-refractivity contribution is -0.110. The molecule has 5 heteroatoms. The Kier molecular flexibility index (Phi) is 13.8. The maximum absolute atomic E-state index is 10.3. The van der Waals surface area contributed by atoms with Crippen molar-refractivity contribution in [3.8, 4) is 0 Å². The molecular weight excluding hydrogens is 324 g/mol. The van der Waals surface area contributed by atoms with E-state index in [9.17, 15) is 4.79 Å². The summed E-state index contributed by atoms with van der Waals surface area (Å²) in [5, 5.41) is 0. The van der Waals surface area contributed by atoms with Gasteiger partial charge in [-0.3, -0.25) is 25.6 Å². The van der Waals surface area contributed by atoms with E-state index < -0.39 is 0 Å². The molecular formula is C21H30N4O. The Morgan fingerprint density at radius 2 is 1.35 bits per heavy atom. The minimum absolute atomic E-state index is 0.344. The lowest BCUT2D eigenvalue weighted by Crippen LogP contribution is -2.38. The topological polar surface area (TPSA) is 65.8 Å². The maximum atomic E-state index is 10.3. The molecule has 0 bridgehead atoms. The molecule has 0 saturated heterocycles. The fraction of sp³-hybridized carbons (Fsp3) is 0.286. The lowest BCUT2D eigenvalue weighted by atomic mass is 10.0. The average Bonchev–Trinajstić information content (AvgIpc) is 2.75. The number of rotatable bonds is 6. The third kappa shape index (κ3) is 8.24. The molecule has 0 spiro atoms. The van der Waals surface area contributed by atoms with Gasteiger partial charge in [-0.2, -0.15) is 0 Å². The molecule has 0 fully saturated rings. The quantitative estimate of drug-likeness (QED) is 0.358. The summed E-state index contributed by atoms with van der Waals surface area (Å²) < 4.78 is 0. The van der Waals surface area contributed by atoms with E-state index in [1.807, 2.05) is 88.4 Å². The second kappa shape index (κ2) is 15.6. The van der Waals surface area contributed by atoms with Crippen LogP contribution in [0.25, 0.3) is 0 Å². The molecule has 2 aromatic rings. The van der Waals surface area contributed by atoms with Crippen LogP contribution in [-0.4, -0.2) is 31.5 Å². The van der Waals surface area contributed by atoms with E-state index in [4.69, 9.17) is 0 Å². The van der Waals surface area contributed by atoms with Crippen LogP contribution in [0.15, 0.2) is 70.6 Å². The van der Waals surface area contributed by atoms with Gasteiger partial charge in [-0.15, -0.1) is 0 Å². The van der Waals surface area contributed by atoms with Crippen molar-refractivity contribution in [3.05, 3.63) is 71.8 Å². The first kappa shape index (κ1) is 23.1. The first-order chi connectivity index (χ1) is 12.8. The zero-order chi connectivity index (χ0) is 19.6.